The van der Waals surface area contributed by atoms with E-state index in [-0.39, 0.29) is 5.38 Å². The predicted molar refractivity (Wildman–Crippen MR) is 49.4 cm³/mol. The minimum atomic E-state index is -0.103. The maximum Gasteiger partial charge on any atom is 0.168 e. The van der Waals surface area contributed by atoms with Gasteiger partial charge in [-0.3, -0.25) is 0 Å². The molecule has 0 aromatic carbocycles. The van der Waals surface area contributed by atoms with Crippen molar-refractivity contribution in [3.8, 4) is 0 Å². The first-order valence-corrected chi connectivity index (χ1v) is 5.11. The van der Waals surface area contributed by atoms with Gasteiger partial charge in [-0.2, -0.15) is 0 Å². The Balaban J connectivity index is 1.96. The summed E-state index contributed by atoms with van der Waals surface area (Å²) in [5.74, 6) is 1.69. The molecule has 0 bridgehead atoms. The number of hydrogen-bond acceptors (Lipinski definition) is 3. The zero-order chi connectivity index (χ0) is 9.26. The van der Waals surface area contributed by atoms with Crippen molar-refractivity contribution in [2.75, 3.05) is 0 Å². The van der Waals surface area contributed by atoms with Crippen molar-refractivity contribution in [1.82, 2.24) is 20.2 Å². The summed E-state index contributed by atoms with van der Waals surface area (Å²) in [6, 6.07) is 0. The molecule has 1 heterocycles. The normalized spacial score (nSPS) is 18.9. The number of halogens is 1. The monoisotopic (exact) mass is 200 g/mol. The molecule has 0 radical (unpaired) electrons. The zero-order valence-corrected chi connectivity index (χ0v) is 8.41. The van der Waals surface area contributed by atoms with Crippen LogP contribution in [0.1, 0.15) is 37.4 Å². The van der Waals surface area contributed by atoms with Gasteiger partial charge in [0.2, 0.25) is 0 Å². The summed E-state index contributed by atoms with van der Waals surface area (Å²) >= 11 is 5.92. The van der Waals surface area contributed by atoms with E-state index in [1.54, 1.807) is 0 Å². The van der Waals surface area contributed by atoms with Crippen LogP contribution in [0.5, 0.6) is 0 Å². The molecule has 1 atom stereocenters. The highest BCUT2D eigenvalue weighted by molar-refractivity contribution is 6.20. The van der Waals surface area contributed by atoms with Gasteiger partial charge in [-0.15, -0.1) is 16.7 Å². The highest BCUT2D eigenvalue weighted by atomic mass is 35.5. The van der Waals surface area contributed by atoms with Crippen LogP contribution in [0.15, 0.2) is 0 Å². The SMILES string of the molecule is CC(Cl)c1nnnn1CCC1CC1. The number of aryl methyl sites for hydroxylation is 1. The van der Waals surface area contributed by atoms with E-state index < -0.39 is 0 Å². The molecule has 4 nitrogen and oxygen atoms in total. The highest BCUT2D eigenvalue weighted by Crippen LogP contribution is 2.32. The van der Waals surface area contributed by atoms with Crippen LogP contribution in [0.3, 0.4) is 0 Å². The van der Waals surface area contributed by atoms with Crippen molar-refractivity contribution in [1.29, 1.82) is 0 Å². The standard InChI is InChI=1S/C8H13ClN4/c1-6(9)8-10-11-12-13(8)5-4-7-2-3-7/h6-7H,2-5H2,1H3. The van der Waals surface area contributed by atoms with E-state index in [1.807, 2.05) is 11.6 Å². The molecule has 0 amide bonds. The van der Waals surface area contributed by atoms with E-state index in [4.69, 9.17) is 11.6 Å². The van der Waals surface area contributed by atoms with Crippen molar-refractivity contribution in [2.24, 2.45) is 5.92 Å². The lowest BCUT2D eigenvalue weighted by molar-refractivity contribution is 0.513. The molecule has 1 aromatic rings. The molecule has 1 fully saturated rings. The average Bonchev–Trinajstić information content (AvgIpc) is 2.79. The summed E-state index contributed by atoms with van der Waals surface area (Å²) < 4.78 is 1.82. The van der Waals surface area contributed by atoms with E-state index in [9.17, 15) is 0 Å². The summed E-state index contributed by atoms with van der Waals surface area (Å²) in [4.78, 5) is 0. The molecule has 1 saturated carbocycles. The topological polar surface area (TPSA) is 43.6 Å². The number of alkyl halides is 1. The Kier molecular flexibility index (Phi) is 2.49. The minimum Gasteiger partial charge on any atom is -0.228 e. The van der Waals surface area contributed by atoms with Gasteiger partial charge in [0.15, 0.2) is 5.82 Å². The van der Waals surface area contributed by atoms with Crippen LogP contribution in [0.25, 0.3) is 0 Å². The Labute approximate surface area is 82.3 Å². The predicted octanol–water partition coefficient (Wildman–Crippen LogP) is 1.77. The molecule has 1 aromatic heterocycles. The van der Waals surface area contributed by atoms with Crippen LogP contribution in [0.4, 0.5) is 0 Å². The average molecular weight is 201 g/mol. The smallest absolute Gasteiger partial charge is 0.168 e. The van der Waals surface area contributed by atoms with Crippen molar-refractivity contribution in [2.45, 2.75) is 38.1 Å². The summed E-state index contributed by atoms with van der Waals surface area (Å²) in [7, 11) is 0. The third-order valence-corrected chi connectivity index (χ3v) is 2.56. The molecular formula is C8H13ClN4. The highest BCUT2D eigenvalue weighted by Gasteiger charge is 2.22. The Hall–Kier alpha value is -0.640. The van der Waals surface area contributed by atoms with Gasteiger partial charge in [0.25, 0.3) is 0 Å². The molecule has 72 valence electrons. The molecule has 5 heteroatoms. The first-order chi connectivity index (χ1) is 6.27. The lowest BCUT2D eigenvalue weighted by Gasteiger charge is -2.04. The van der Waals surface area contributed by atoms with Crippen LogP contribution < -0.4 is 0 Å². The van der Waals surface area contributed by atoms with Crippen molar-refractivity contribution < 1.29 is 0 Å². The van der Waals surface area contributed by atoms with Crippen LogP contribution >= 0.6 is 11.6 Å². The first kappa shape index (κ1) is 8.94. The van der Waals surface area contributed by atoms with E-state index in [2.05, 4.69) is 15.5 Å². The second-order valence-corrected chi connectivity index (χ2v) is 4.26. The number of hydrogen-bond donors (Lipinski definition) is 0. The van der Waals surface area contributed by atoms with E-state index in [1.165, 1.54) is 19.3 Å². The minimum absolute atomic E-state index is 0.103. The van der Waals surface area contributed by atoms with Crippen LogP contribution in [0, 0.1) is 5.92 Å². The second-order valence-electron chi connectivity index (χ2n) is 3.61. The Morgan fingerprint density at radius 3 is 3.00 bits per heavy atom. The van der Waals surface area contributed by atoms with Gasteiger partial charge in [0.05, 0.1) is 5.38 Å². The van der Waals surface area contributed by atoms with Gasteiger partial charge in [-0.05, 0) is 29.7 Å². The largest absolute Gasteiger partial charge is 0.228 e. The summed E-state index contributed by atoms with van der Waals surface area (Å²) in [5, 5.41) is 11.3. The van der Waals surface area contributed by atoms with Crippen molar-refractivity contribution >= 4 is 11.6 Å². The number of tetrazole rings is 1. The van der Waals surface area contributed by atoms with Crippen molar-refractivity contribution in [3.63, 3.8) is 0 Å². The fraction of sp³-hybridized carbons (Fsp3) is 0.875. The van der Waals surface area contributed by atoms with Gasteiger partial charge in [-0.1, -0.05) is 12.8 Å². The fourth-order valence-electron chi connectivity index (χ4n) is 1.37. The zero-order valence-electron chi connectivity index (χ0n) is 7.65. The Morgan fingerprint density at radius 1 is 1.62 bits per heavy atom. The molecule has 0 spiro atoms. The Morgan fingerprint density at radius 2 is 2.38 bits per heavy atom. The summed E-state index contributed by atoms with van der Waals surface area (Å²) in [5.41, 5.74) is 0. The van der Waals surface area contributed by atoms with Crippen molar-refractivity contribution in [3.05, 3.63) is 5.82 Å². The summed E-state index contributed by atoms with van der Waals surface area (Å²) in [6.45, 7) is 2.80. The molecule has 0 aliphatic heterocycles. The molecule has 1 aliphatic carbocycles. The molecular weight excluding hydrogens is 188 g/mol. The molecule has 1 unspecified atom stereocenters. The third-order valence-electron chi connectivity index (χ3n) is 2.36. The van der Waals surface area contributed by atoms with Crippen LogP contribution in [-0.4, -0.2) is 20.2 Å². The fourth-order valence-corrected chi connectivity index (χ4v) is 1.52. The quantitative estimate of drug-likeness (QED) is 0.696. The lowest BCUT2D eigenvalue weighted by Crippen LogP contribution is -2.07. The number of aromatic nitrogens is 4. The molecule has 2 rings (SSSR count). The van der Waals surface area contributed by atoms with E-state index in [0.29, 0.717) is 0 Å². The molecule has 1 aliphatic rings. The maximum atomic E-state index is 5.92. The van der Waals surface area contributed by atoms with Gasteiger partial charge < -0.3 is 0 Å². The van der Waals surface area contributed by atoms with E-state index in [0.717, 1.165) is 18.3 Å². The Bertz CT molecular complexity index is 279. The number of rotatable bonds is 4. The summed E-state index contributed by atoms with van der Waals surface area (Å²) in [6.07, 6.45) is 3.92. The van der Waals surface area contributed by atoms with Gasteiger partial charge in [0.1, 0.15) is 0 Å². The van der Waals surface area contributed by atoms with Gasteiger partial charge in [0, 0.05) is 6.54 Å². The van der Waals surface area contributed by atoms with Gasteiger partial charge >= 0.3 is 0 Å². The number of nitrogens with zero attached hydrogens (tertiary/aromatic N) is 4. The first-order valence-electron chi connectivity index (χ1n) is 4.67. The lowest BCUT2D eigenvalue weighted by atomic mass is 10.3. The maximum absolute atomic E-state index is 5.92. The molecule has 0 N–H and O–H groups in total. The second kappa shape index (κ2) is 3.62. The van der Waals surface area contributed by atoms with Crippen LogP contribution in [-0.2, 0) is 6.54 Å². The van der Waals surface area contributed by atoms with E-state index >= 15 is 0 Å². The molecule has 0 saturated heterocycles. The molecule has 13 heavy (non-hydrogen) atoms. The van der Waals surface area contributed by atoms with Crippen LogP contribution in [0.2, 0.25) is 0 Å². The third kappa shape index (κ3) is 2.18. The van der Waals surface area contributed by atoms with Gasteiger partial charge in [-0.25, -0.2) is 4.68 Å².